The summed E-state index contributed by atoms with van der Waals surface area (Å²) in [6, 6.07) is 0. The molecule has 1 aromatic rings. The van der Waals surface area contributed by atoms with E-state index >= 15 is 0 Å². The van der Waals surface area contributed by atoms with Gasteiger partial charge in [-0.1, -0.05) is 0 Å². The lowest BCUT2D eigenvalue weighted by molar-refractivity contribution is 0.565. The zero-order valence-electron chi connectivity index (χ0n) is 5.40. The van der Waals surface area contributed by atoms with Gasteiger partial charge in [0.25, 0.3) is 0 Å². The number of carbonyl (C=O) groups excluding carboxylic acids is 1. The molecule has 0 aliphatic carbocycles. The van der Waals surface area contributed by atoms with Gasteiger partial charge < -0.3 is 0 Å². The van der Waals surface area contributed by atoms with Gasteiger partial charge in [0, 0.05) is 0 Å². The van der Waals surface area contributed by atoms with Crippen LogP contribution in [0.1, 0.15) is 5.82 Å². The minimum absolute atomic E-state index is 0.431. The number of hydrogen-bond donors (Lipinski definition) is 0. The average Bonchev–Trinajstić information content (AvgIpc) is 1.95. The molecule has 10 heavy (non-hydrogen) atoms. The van der Waals surface area contributed by atoms with Gasteiger partial charge >= 0.3 is 0 Å². The van der Waals surface area contributed by atoms with Gasteiger partial charge in [0.15, 0.2) is 0 Å². The molecule has 0 spiro atoms. The van der Waals surface area contributed by atoms with Crippen molar-refractivity contribution in [2.24, 2.45) is 4.99 Å². The van der Waals surface area contributed by atoms with Crippen LogP contribution in [0.4, 0.5) is 5.69 Å². The largest absolute Gasteiger partial charge is 0.240 e. The van der Waals surface area contributed by atoms with E-state index in [2.05, 4.69) is 15.0 Å². The number of nitrogens with zero attached hydrogens (tertiary/aromatic N) is 3. The summed E-state index contributed by atoms with van der Waals surface area (Å²) in [5.74, 6) is 0.657. The Morgan fingerprint density at radius 3 is 2.60 bits per heavy atom. The lowest BCUT2D eigenvalue weighted by atomic mass is 10.5. The lowest BCUT2D eigenvalue weighted by Crippen LogP contribution is -1.82. The van der Waals surface area contributed by atoms with Crippen LogP contribution in [0, 0.1) is 6.92 Å². The van der Waals surface area contributed by atoms with Crippen LogP contribution in [-0.4, -0.2) is 16.0 Å². The first-order valence-corrected chi connectivity index (χ1v) is 2.69. The molecule has 4 nitrogen and oxygen atoms in total. The van der Waals surface area contributed by atoms with Crippen molar-refractivity contribution >= 4 is 11.8 Å². The van der Waals surface area contributed by atoms with Crippen LogP contribution in [0.5, 0.6) is 0 Å². The molecule has 0 bridgehead atoms. The van der Waals surface area contributed by atoms with Crippen molar-refractivity contribution in [3.8, 4) is 0 Å². The third-order valence-electron chi connectivity index (χ3n) is 0.942. The third kappa shape index (κ3) is 1.47. The van der Waals surface area contributed by atoms with Gasteiger partial charge in [-0.15, -0.1) is 0 Å². The van der Waals surface area contributed by atoms with Gasteiger partial charge in [-0.2, -0.15) is 4.99 Å². The number of rotatable bonds is 1. The van der Waals surface area contributed by atoms with E-state index in [-0.39, 0.29) is 0 Å². The molecule has 1 rings (SSSR count). The Morgan fingerprint density at radius 1 is 1.50 bits per heavy atom. The van der Waals surface area contributed by atoms with E-state index in [4.69, 9.17) is 0 Å². The molecule has 0 atom stereocenters. The van der Waals surface area contributed by atoms with E-state index in [1.807, 2.05) is 0 Å². The summed E-state index contributed by atoms with van der Waals surface area (Å²) in [5, 5.41) is 0. The molecule has 0 unspecified atom stereocenters. The van der Waals surface area contributed by atoms with Crippen LogP contribution in [0.15, 0.2) is 17.4 Å². The maximum absolute atomic E-state index is 9.71. The van der Waals surface area contributed by atoms with Crippen molar-refractivity contribution in [1.82, 2.24) is 9.97 Å². The van der Waals surface area contributed by atoms with Gasteiger partial charge in [-0.3, -0.25) is 0 Å². The summed E-state index contributed by atoms with van der Waals surface area (Å²) in [5.41, 5.74) is 0.431. The summed E-state index contributed by atoms with van der Waals surface area (Å²) < 4.78 is 0. The monoisotopic (exact) mass is 135 g/mol. The fraction of sp³-hybridized carbons (Fsp3) is 0.167. The molecule has 0 radical (unpaired) electrons. The minimum atomic E-state index is 0.431. The van der Waals surface area contributed by atoms with E-state index in [0.29, 0.717) is 11.5 Å². The van der Waals surface area contributed by atoms with Gasteiger partial charge in [-0.05, 0) is 6.92 Å². The Hall–Kier alpha value is -1.54. The molecular weight excluding hydrogens is 130 g/mol. The lowest BCUT2D eigenvalue weighted by Gasteiger charge is -1.88. The fourth-order valence-corrected chi connectivity index (χ4v) is 0.496. The first kappa shape index (κ1) is 6.58. The van der Waals surface area contributed by atoms with Crippen LogP contribution in [0.2, 0.25) is 0 Å². The highest BCUT2D eigenvalue weighted by Gasteiger charge is 1.87. The van der Waals surface area contributed by atoms with Crippen LogP contribution in [0.25, 0.3) is 0 Å². The van der Waals surface area contributed by atoms with Crippen molar-refractivity contribution in [2.45, 2.75) is 6.92 Å². The van der Waals surface area contributed by atoms with E-state index in [9.17, 15) is 4.79 Å². The zero-order valence-corrected chi connectivity index (χ0v) is 5.40. The fourth-order valence-electron chi connectivity index (χ4n) is 0.496. The molecule has 50 valence electrons. The maximum atomic E-state index is 9.71. The Balaban J connectivity index is 3.00. The van der Waals surface area contributed by atoms with Crippen LogP contribution in [-0.2, 0) is 4.79 Å². The molecule has 0 saturated heterocycles. The molecule has 0 fully saturated rings. The van der Waals surface area contributed by atoms with Crippen LogP contribution < -0.4 is 0 Å². The van der Waals surface area contributed by atoms with Gasteiger partial charge in [-0.25, -0.2) is 14.8 Å². The second-order valence-electron chi connectivity index (χ2n) is 1.69. The smallest absolute Gasteiger partial charge is 0.239 e. The van der Waals surface area contributed by atoms with E-state index < -0.39 is 0 Å². The van der Waals surface area contributed by atoms with Gasteiger partial charge in [0.1, 0.15) is 11.5 Å². The highest BCUT2D eigenvalue weighted by atomic mass is 16.1. The van der Waals surface area contributed by atoms with Crippen molar-refractivity contribution in [1.29, 1.82) is 0 Å². The number of aryl methyl sites for hydroxylation is 1. The zero-order chi connectivity index (χ0) is 7.40. The highest BCUT2D eigenvalue weighted by Crippen LogP contribution is 2.04. The number of hydrogen-bond acceptors (Lipinski definition) is 4. The molecule has 0 N–H and O–H groups in total. The summed E-state index contributed by atoms with van der Waals surface area (Å²) in [7, 11) is 0. The van der Waals surface area contributed by atoms with Crippen LogP contribution >= 0.6 is 0 Å². The average molecular weight is 135 g/mol. The summed E-state index contributed by atoms with van der Waals surface area (Å²) in [6.07, 6.45) is 4.33. The Labute approximate surface area is 57.7 Å². The van der Waals surface area contributed by atoms with Crippen molar-refractivity contribution < 1.29 is 4.79 Å². The van der Waals surface area contributed by atoms with Crippen molar-refractivity contribution in [2.75, 3.05) is 0 Å². The molecular formula is C6H5N3O. The summed E-state index contributed by atoms with van der Waals surface area (Å²) in [6.45, 7) is 1.76. The number of isocyanates is 1. The normalized spacial score (nSPS) is 8.50. The molecule has 0 aliphatic heterocycles. The molecule has 1 heterocycles. The van der Waals surface area contributed by atoms with Gasteiger partial charge in [0.05, 0.1) is 12.4 Å². The highest BCUT2D eigenvalue weighted by molar-refractivity contribution is 5.45. The van der Waals surface area contributed by atoms with Crippen molar-refractivity contribution in [3.63, 3.8) is 0 Å². The van der Waals surface area contributed by atoms with E-state index in [1.165, 1.54) is 18.5 Å². The van der Waals surface area contributed by atoms with E-state index in [1.54, 1.807) is 6.92 Å². The molecule has 0 aliphatic rings. The summed E-state index contributed by atoms with van der Waals surface area (Å²) in [4.78, 5) is 20.7. The Bertz CT molecular complexity index is 261. The molecule has 0 aromatic carbocycles. The second kappa shape index (κ2) is 2.85. The van der Waals surface area contributed by atoms with Crippen LogP contribution in [0.3, 0.4) is 0 Å². The molecule has 1 aromatic heterocycles. The molecule has 0 saturated carbocycles. The Morgan fingerprint density at radius 2 is 2.10 bits per heavy atom. The minimum Gasteiger partial charge on any atom is -0.239 e. The predicted molar refractivity (Wildman–Crippen MR) is 34.6 cm³/mol. The third-order valence-corrected chi connectivity index (χ3v) is 0.942. The van der Waals surface area contributed by atoms with Gasteiger partial charge in [0.2, 0.25) is 6.08 Å². The van der Waals surface area contributed by atoms with E-state index in [0.717, 1.165) is 0 Å². The molecule has 4 heteroatoms. The van der Waals surface area contributed by atoms with Crippen molar-refractivity contribution in [3.05, 3.63) is 18.2 Å². The first-order chi connectivity index (χ1) is 4.83. The molecule has 0 amide bonds. The number of aliphatic imine (C=N–C) groups is 1. The SMILES string of the molecule is Cc1ncc(N=C=O)cn1. The quantitative estimate of drug-likeness (QED) is 0.421. The predicted octanol–water partition coefficient (Wildman–Crippen LogP) is 0.752. The first-order valence-electron chi connectivity index (χ1n) is 2.69. The number of aromatic nitrogens is 2. The summed E-state index contributed by atoms with van der Waals surface area (Å²) >= 11 is 0. The Kier molecular flexibility index (Phi) is 1.87. The second-order valence-corrected chi connectivity index (χ2v) is 1.69. The standard InChI is InChI=1S/C6H5N3O/c1-5-7-2-6(3-8-5)9-4-10/h2-3H,1H3. The maximum Gasteiger partial charge on any atom is 0.240 e. The topological polar surface area (TPSA) is 55.2 Å².